The molecule has 4 aromatic rings. The number of hydrogen-bond donors (Lipinski definition) is 2. The van der Waals surface area contributed by atoms with Crippen molar-refractivity contribution in [1.29, 1.82) is 0 Å². The van der Waals surface area contributed by atoms with Crippen LogP contribution >= 0.6 is 0 Å². The summed E-state index contributed by atoms with van der Waals surface area (Å²) in [4.78, 5) is 21.2. The minimum Gasteiger partial charge on any atom is -0.353 e. The SMILES string of the molecule is CC(=O)N1Cc2c([nH]c3ccccc23)-c2[nH]c3ccccc3c21. The number of carbonyl (C=O) groups is 1. The highest BCUT2D eigenvalue weighted by Crippen LogP contribution is 2.45. The predicted octanol–water partition coefficient (Wildman–Crippen LogP) is 4.18. The number of nitrogens with zero attached hydrogens (tertiary/aromatic N) is 1. The van der Waals surface area contributed by atoms with E-state index >= 15 is 0 Å². The van der Waals surface area contributed by atoms with Crippen molar-refractivity contribution in [3.63, 3.8) is 0 Å². The molecule has 2 N–H and O–H groups in total. The van der Waals surface area contributed by atoms with Gasteiger partial charge in [-0.1, -0.05) is 36.4 Å². The Bertz CT molecular complexity index is 1090. The van der Waals surface area contributed by atoms with E-state index < -0.39 is 0 Å². The van der Waals surface area contributed by atoms with Gasteiger partial charge >= 0.3 is 0 Å². The van der Waals surface area contributed by atoms with Crippen molar-refractivity contribution < 1.29 is 4.79 Å². The molecule has 0 fully saturated rings. The first-order valence-electron chi connectivity index (χ1n) is 7.73. The van der Waals surface area contributed by atoms with Gasteiger partial charge in [0.25, 0.3) is 0 Å². The molecule has 0 bridgehead atoms. The quantitative estimate of drug-likeness (QED) is 0.503. The van der Waals surface area contributed by atoms with Crippen LogP contribution in [0.4, 0.5) is 5.69 Å². The second-order valence-electron chi connectivity index (χ2n) is 6.02. The van der Waals surface area contributed by atoms with Crippen LogP contribution in [0, 0.1) is 0 Å². The van der Waals surface area contributed by atoms with E-state index in [9.17, 15) is 4.79 Å². The molecule has 0 atom stereocenters. The first-order chi connectivity index (χ1) is 11.2. The van der Waals surface area contributed by atoms with Crippen molar-refractivity contribution >= 4 is 33.4 Å². The van der Waals surface area contributed by atoms with Crippen molar-refractivity contribution in [2.75, 3.05) is 4.90 Å². The highest BCUT2D eigenvalue weighted by Gasteiger charge is 2.30. The molecule has 2 aromatic carbocycles. The van der Waals surface area contributed by atoms with E-state index in [0.29, 0.717) is 6.54 Å². The summed E-state index contributed by atoms with van der Waals surface area (Å²) in [6.07, 6.45) is 0. The number of benzene rings is 2. The van der Waals surface area contributed by atoms with Gasteiger partial charge in [0.05, 0.1) is 23.6 Å². The summed E-state index contributed by atoms with van der Waals surface area (Å²) in [7, 11) is 0. The molecule has 23 heavy (non-hydrogen) atoms. The molecular formula is C19H15N3O. The third-order valence-corrected chi connectivity index (χ3v) is 4.71. The van der Waals surface area contributed by atoms with Crippen molar-refractivity contribution in [3.05, 3.63) is 54.1 Å². The molecule has 0 saturated carbocycles. The smallest absolute Gasteiger partial charge is 0.224 e. The van der Waals surface area contributed by atoms with Crippen LogP contribution in [0.15, 0.2) is 48.5 Å². The number of fused-ring (bicyclic) bond motifs is 7. The number of aromatic nitrogens is 2. The van der Waals surface area contributed by atoms with Crippen LogP contribution in [0.3, 0.4) is 0 Å². The molecule has 3 heterocycles. The predicted molar refractivity (Wildman–Crippen MR) is 92.5 cm³/mol. The molecule has 4 nitrogen and oxygen atoms in total. The Balaban J connectivity index is 1.92. The molecule has 4 heteroatoms. The summed E-state index contributed by atoms with van der Waals surface area (Å²) in [5.41, 5.74) is 6.40. The van der Waals surface area contributed by atoms with Gasteiger partial charge in [0.2, 0.25) is 5.91 Å². The lowest BCUT2D eigenvalue weighted by atomic mass is 10.0. The Morgan fingerprint density at radius 1 is 0.913 bits per heavy atom. The van der Waals surface area contributed by atoms with E-state index in [1.807, 2.05) is 35.2 Å². The molecule has 0 unspecified atom stereocenters. The van der Waals surface area contributed by atoms with Crippen LogP contribution in [-0.2, 0) is 11.3 Å². The lowest BCUT2D eigenvalue weighted by Gasteiger charge is -2.26. The third-order valence-electron chi connectivity index (χ3n) is 4.71. The monoisotopic (exact) mass is 301 g/mol. The van der Waals surface area contributed by atoms with Crippen LogP contribution in [0.2, 0.25) is 0 Å². The van der Waals surface area contributed by atoms with E-state index in [0.717, 1.165) is 33.5 Å². The Hall–Kier alpha value is -3.01. The molecule has 112 valence electrons. The van der Waals surface area contributed by atoms with Gasteiger partial charge in [-0.25, -0.2) is 0 Å². The molecule has 0 aliphatic carbocycles. The summed E-state index contributed by atoms with van der Waals surface area (Å²) in [6.45, 7) is 2.23. The highest BCUT2D eigenvalue weighted by atomic mass is 16.2. The standard InChI is InChI=1S/C19H15N3O/c1-11(23)22-10-14-12-6-2-4-8-15(12)20-17(14)18-19(22)13-7-3-5-9-16(13)21-18/h2-9,20-21H,10H2,1H3. The summed E-state index contributed by atoms with van der Waals surface area (Å²) in [5.74, 6) is 0.0620. The number of anilines is 1. The van der Waals surface area contributed by atoms with Gasteiger partial charge in [-0.2, -0.15) is 0 Å². The first kappa shape index (κ1) is 12.5. The minimum atomic E-state index is 0.0620. The molecule has 1 aliphatic heterocycles. The Labute approximate surface area is 132 Å². The van der Waals surface area contributed by atoms with Gasteiger partial charge in [-0.3, -0.25) is 4.79 Å². The number of aromatic amines is 2. The lowest BCUT2D eigenvalue weighted by molar-refractivity contribution is -0.116. The maximum atomic E-state index is 12.3. The molecule has 5 rings (SSSR count). The summed E-state index contributed by atoms with van der Waals surface area (Å²) in [5, 5.41) is 2.26. The molecule has 0 saturated heterocycles. The van der Waals surface area contributed by atoms with Crippen LogP contribution in [-0.4, -0.2) is 15.9 Å². The molecular weight excluding hydrogens is 286 g/mol. The first-order valence-corrected chi connectivity index (χ1v) is 7.73. The second-order valence-corrected chi connectivity index (χ2v) is 6.02. The van der Waals surface area contributed by atoms with Crippen LogP contribution in [0.25, 0.3) is 33.2 Å². The number of amides is 1. The topological polar surface area (TPSA) is 51.9 Å². The number of para-hydroxylation sites is 2. The molecule has 1 amide bonds. The summed E-state index contributed by atoms with van der Waals surface area (Å²) in [6, 6.07) is 16.4. The number of carbonyl (C=O) groups excluding carboxylic acids is 1. The van der Waals surface area contributed by atoms with Gasteiger partial charge in [0.1, 0.15) is 0 Å². The van der Waals surface area contributed by atoms with Crippen LogP contribution in [0.1, 0.15) is 12.5 Å². The lowest BCUT2D eigenvalue weighted by Crippen LogP contribution is -2.30. The molecule has 1 aliphatic rings. The fourth-order valence-electron chi connectivity index (χ4n) is 3.67. The van der Waals surface area contributed by atoms with Gasteiger partial charge in [-0.15, -0.1) is 0 Å². The largest absolute Gasteiger partial charge is 0.353 e. The van der Waals surface area contributed by atoms with E-state index in [-0.39, 0.29) is 5.91 Å². The van der Waals surface area contributed by atoms with E-state index in [1.54, 1.807) is 6.92 Å². The average Bonchev–Trinajstić information content (AvgIpc) is 3.12. The molecule has 2 aromatic heterocycles. The maximum absolute atomic E-state index is 12.3. The van der Waals surface area contributed by atoms with E-state index in [2.05, 4.69) is 28.2 Å². The van der Waals surface area contributed by atoms with Crippen molar-refractivity contribution in [1.82, 2.24) is 9.97 Å². The van der Waals surface area contributed by atoms with Gasteiger partial charge < -0.3 is 14.9 Å². The van der Waals surface area contributed by atoms with E-state index in [1.165, 1.54) is 10.9 Å². The fourth-order valence-corrected chi connectivity index (χ4v) is 3.67. The second kappa shape index (κ2) is 4.26. The Kier molecular flexibility index (Phi) is 2.32. The van der Waals surface area contributed by atoms with E-state index in [4.69, 9.17) is 0 Å². The van der Waals surface area contributed by atoms with Gasteiger partial charge in [0.15, 0.2) is 0 Å². The van der Waals surface area contributed by atoms with Crippen LogP contribution in [0.5, 0.6) is 0 Å². The van der Waals surface area contributed by atoms with Gasteiger partial charge in [-0.05, 0) is 12.1 Å². The van der Waals surface area contributed by atoms with Gasteiger partial charge in [0, 0.05) is 34.3 Å². The maximum Gasteiger partial charge on any atom is 0.224 e. The minimum absolute atomic E-state index is 0.0620. The van der Waals surface area contributed by atoms with Crippen LogP contribution < -0.4 is 4.90 Å². The van der Waals surface area contributed by atoms with Crippen molar-refractivity contribution in [2.45, 2.75) is 13.5 Å². The Morgan fingerprint density at radius 2 is 1.52 bits per heavy atom. The zero-order chi connectivity index (χ0) is 15.6. The molecule has 0 spiro atoms. The summed E-state index contributed by atoms with van der Waals surface area (Å²) >= 11 is 0. The zero-order valence-corrected chi connectivity index (χ0v) is 12.7. The number of rotatable bonds is 0. The average molecular weight is 301 g/mol. The fraction of sp³-hybridized carbons (Fsp3) is 0.105. The zero-order valence-electron chi connectivity index (χ0n) is 12.7. The highest BCUT2D eigenvalue weighted by molar-refractivity contribution is 6.11. The Morgan fingerprint density at radius 3 is 2.26 bits per heavy atom. The number of H-pyrrole nitrogens is 2. The number of hydrogen-bond acceptors (Lipinski definition) is 1. The van der Waals surface area contributed by atoms with Crippen molar-refractivity contribution in [3.8, 4) is 11.4 Å². The third kappa shape index (κ3) is 1.58. The van der Waals surface area contributed by atoms with Crippen molar-refractivity contribution in [2.24, 2.45) is 0 Å². The summed E-state index contributed by atoms with van der Waals surface area (Å²) < 4.78 is 0. The normalized spacial score (nSPS) is 13.3. The number of nitrogens with one attached hydrogen (secondary N) is 2. The molecule has 0 radical (unpaired) electrons.